The maximum absolute atomic E-state index is 11.5. The van der Waals surface area contributed by atoms with Gasteiger partial charge in [0.05, 0.1) is 63.6 Å². The first-order chi connectivity index (χ1) is 30.0. The predicted molar refractivity (Wildman–Crippen MR) is 235 cm³/mol. The zero-order valence-electron chi connectivity index (χ0n) is 34.3. The number of hydrogen-bond acceptors (Lipinski definition) is 8. The van der Waals surface area contributed by atoms with Gasteiger partial charge < -0.3 is 39.9 Å². The van der Waals surface area contributed by atoms with E-state index in [1.54, 1.807) is 97.1 Å². The second-order valence-corrected chi connectivity index (χ2v) is 13.7. The predicted octanol–water partition coefficient (Wildman–Crippen LogP) is 5.74. The van der Waals surface area contributed by atoms with E-state index >= 15 is 0 Å². The molecule has 0 aliphatic heterocycles. The summed E-state index contributed by atoms with van der Waals surface area (Å²) in [6.07, 6.45) is 5.68. The van der Waals surface area contributed by atoms with E-state index in [1.165, 1.54) is 7.11 Å². The topological polar surface area (TPSA) is 236 Å². The minimum Gasteiger partial charge on any atom is -0.870 e. The smallest absolute Gasteiger partial charge is 0.870 e. The number of nitriles is 2. The van der Waals surface area contributed by atoms with Gasteiger partial charge in [-0.3, -0.25) is 4.79 Å². The molecular weight excluding hydrogens is 808 g/mol. The van der Waals surface area contributed by atoms with Crippen LogP contribution < -0.4 is 24.6 Å². The van der Waals surface area contributed by atoms with Crippen molar-refractivity contribution in [1.82, 2.24) is 13.7 Å². The number of esters is 1. The number of fused-ring (bicyclic) bond motifs is 3. The van der Waals surface area contributed by atoms with Gasteiger partial charge in [-0.05, 0) is 146 Å². The number of nitrogens with two attached hydrogens (primary N) is 1. The number of aromatic nitrogens is 3. The number of hydrogen-bond donors (Lipinski definition) is 3. The van der Waals surface area contributed by atoms with E-state index < -0.39 is 17.8 Å². The zero-order valence-corrected chi connectivity index (χ0v) is 34.3. The first kappa shape index (κ1) is 46.4. The molecule has 0 radical (unpaired) electrons. The van der Waals surface area contributed by atoms with Crippen LogP contribution in [0.4, 0.5) is 0 Å². The molecule has 6 aromatic carbocycles. The van der Waals surface area contributed by atoms with Crippen LogP contribution in [0.15, 0.2) is 164 Å². The van der Waals surface area contributed by atoms with Crippen LogP contribution in [0.5, 0.6) is 0 Å². The van der Waals surface area contributed by atoms with E-state index in [1.807, 2.05) is 80.8 Å². The molecule has 0 fully saturated rings. The molecule has 0 aliphatic rings. The molecule has 0 saturated heterocycles. The molecule has 9 rings (SSSR count). The largest absolute Gasteiger partial charge is 1.00 e. The third-order valence-electron chi connectivity index (χ3n) is 9.96. The minimum absolute atomic E-state index is 0. The molecule has 5 N–H and O–H groups in total. The molecule has 64 heavy (non-hydrogen) atoms. The van der Waals surface area contributed by atoms with E-state index in [0.717, 1.165) is 49.8 Å². The van der Waals surface area contributed by atoms with Crippen LogP contribution in [0.25, 0.3) is 49.8 Å². The van der Waals surface area contributed by atoms with Gasteiger partial charge in [0.1, 0.15) is 0 Å². The number of carbonyl (C=O) groups is 4. The van der Waals surface area contributed by atoms with E-state index in [2.05, 4.69) is 12.1 Å². The summed E-state index contributed by atoms with van der Waals surface area (Å²) in [6.45, 7) is 0. The quantitative estimate of drug-likeness (QED) is 0.130. The Hall–Kier alpha value is -8.64. The Labute approximate surface area is 377 Å². The summed E-state index contributed by atoms with van der Waals surface area (Å²) >= 11 is 0. The number of ether oxygens (including phenoxy) is 1. The van der Waals surface area contributed by atoms with Crippen molar-refractivity contribution in [2.75, 3.05) is 7.11 Å². The zero-order chi connectivity index (χ0) is 43.9. The van der Waals surface area contributed by atoms with Crippen LogP contribution in [-0.4, -0.2) is 60.3 Å². The van der Waals surface area contributed by atoms with Crippen molar-refractivity contribution >= 4 is 56.5 Å². The number of methoxy groups -OCH3 is 1. The molecule has 0 saturated carbocycles. The molecule has 0 bridgehead atoms. The van der Waals surface area contributed by atoms with E-state index in [4.69, 9.17) is 31.2 Å². The molecule has 0 spiro atoms. The van der Waals surface area contributed by atoms with Crippen molar-refractivity contribution in [1.29, 1.82) is 10.5 Å². The summed E-state index contributed by atoms with van der Waals surface area (Å²) in [5, 5.41) is 38.3. The average Bonchev–Trinajstić information content (AvgIpc) is 4.06. The first-order valence-electron chi connectivity index (χ1n) is 18.8. The van der Waals surface area contributed by atoms with Gasteiger partial charge in [-0.2, -0.15) is 10.5 Å². The molecule has 3 heterocycles. The second kappa shape index (κ2) is 20.3. The maximum atomic E-state index is 11.5. The average molecular weight is 843 g/mol. The molecule has 3 aromatic heterocycles. The Morgan fingerprint density at radius 1 is 0.500 bits per heavy atom. The number of aromatic carboxylic acids is 2. The molecular formula is C49H35LiN6O8. The third-order valence-corrected chi connectivity index (χ3v) is 9.96. The number of amides is 1. The maximum Gasteiger partial charge on any atom is 1.00 e. The number of carbonyl (C=O) groups excluding carboxylic acids is 2. The Morgan fingerprint density at radius 2 is 0.812 bits per heavy atom. The molecule has 0 aliphatic carbocycles. The molecule has 14 nitrogen and oxygen atoms in total. The van der Waals surface area contributed by atoms with Gasteiger partial charge in [0.25, 0.3) is 0 Å². The van der Waals surface area contributed by atoms with Crippen molar-refractivity contribution in [3.63, 3.8) is 0 Å². The minimum atomic E-state index is -0.949. The van der Waals surface area contributed by atoms with Crippen LogP contribution in [-0.2, 0) is 4.74 Å². The summed E-state index contributed by atoms with van der Waals surface area (Å²) in [4.78, 5) is 44.5. The van der Waals surface area contributed by atoms with Crippen molar-refractivity contribution in [2.24, 2.45) is 5.73 Å². The van der Waals surface area contributed by atoms with Crippen molar-refractivity contribution in [2.45, 2.75) is 0 Å². The SMILES string of the molecule is COC(=O)c1ccc2c(ccn2-c2ccc(C#N)cc2)c1.N#Cc1ccc(-n2ccc3cc(C(=O)O)ccc32)cc1.NC(=O)c1ccc(-n2ccc3cc(C(=O)O)ccc32)cc1.[Li+].[OH-]. The molecule has 15 heteroatoms. The van der Waals surface area contributed by atoms with Crippen molar-refractivity contribution in [3.8, 4) is 29.2 Å². The second-order valence-electron chi connectivity index (χ2n) is 13.7. The summed E-state index contributed by atoms with van der Waals surface area (Å²) in [6, 6.07) is 46.8. The number of nitrogens with zero attached hydrogens (tertiary/aromatic N) is 5. The molecule has 1 amide bonds. The molecule has 0 atom stereocenters. The number of carboxylic acid groups (broad SMARTS) is 2. The normalized spacial score (nSPS) is 10.1. The van der Waals surface area contributed by atoms with Gasteiger partial charge >= 0.3 is 36.8 Å². The Balaban J connectivity index is 0.000000178. The number of benzene rings is 6. The fourth-order valence-corrected chi connectivity index (χ4v) is 6.79. The fraction of sp³-hybridized carbons (Fsp3) is 0.0204. The van der Waals surface area contributed by atoms with Crippen LogP contribution in [0.3, 0.4) is 0 Å². The Morgan fingerprint density at radius 3 is 1.12 bits per heavy atom. The van der Waals surface area contributed by atoms with Crippen LogP contribution in [0, 0.1) is 22.7 Å². The van der Waals surface area contributed by atoms with Gasteiger partial charge in [0, 0.05) is 57.4 Å². The Bertz CT molecular complexity index is 3250. The van der Waals surface area contributed by atoms with E-state index in [9.17, 15) is 19.2 Å². The van der Waals surface area contributed by atoms with Crippen LogP contribution >= 0.6 is 0 Å². The van der Waals surface area contributed by atoms with Gasteiger partial charge in [-0.25, -0.2) is 14.4 Å². The summed E-state index contributed by atoms with van der Waals surface area (Å²) in [5.74, 6) is -2.69. The first-order valence-corrected chi connectivity index (χ1v) is 18.8. The van der Waals surface area contributed by atoms with Gasteiger partial charge in [-0.1, -0.05) is 0 Å². The van der Waals surface area contributed by atoms with Crippen LogP contribution in [0.2, 0.25) is 0 Å². The van der Waals surface area contributed by atoms with Crippen molar-refractivity contribution < 1.29 is 58.5 Å². The number of carboxylic acids is 2. The third kappa shape index (κ3) is 9.93. The molecule has 0 unspecified atom stereocenters. The van der Waals surface area contributed by atoms with Gasteiger partial charge in [0.15, 0.2) is 0 Å². The fourth-order valence-electron chi connectivity index (χ4n) is 6.79. The van der Waals surface area contributed by atoms with E-state index in [0.29, 0.717) is 22.3 Å². The van der Waals surface area contributed by atoms with Gasteiger partial charge in [-0.15, -0.1) is 0 Å². The summed E-state index contributed by atoms with van der Waals surface area (Å²) < 4.78 is 10.6. The van der Waals surface area contributed by atoms with E-state index in [-0.39, 0.29) is 41.4 Å². The van der Waals surface area contributed by atoms with Gasteiger partial charge in [0.2, 0.25) is 5.91 Å². The summed E-state index contributed by atoms with van der Waals surface area (Å²) in [7, 11) is 1.37. The summed E-state index contributed by atoms with van der Waals surface area (Å²) in [5.41, 5.74) is 13.6. The number of rotatable bonds is 7. The van der Waals surface area contributed by atoms with Crippen LogP contribution in [0.1, 0.15) is 52.6 Å². The standard InChI is InChI=1S/C17H12N2O2.C16H12N2O3.C16H10N2O2.Li.H2O/c1-21-17(20)14-4-7-16-13(10-14)8-9-19(16)15-5-2-12(11-18)3-6-15;17-15(19)10-1-4-13(5-2-10)18-8-7-11-9-12(16(20)21)3-6-14(11)18;17-10-11-1-4-14(5-2-11)18-8-7-12-9-13(16(19)20)3-6-15(12)18;;/h2-10H,1H3;1-9H,(H2,17,19)(H,20,21);1-9H,(H,19,20);;1H2/q;;;+1;/p-1. The molecule has 9 aromatic rings. The monoisotopic (exact) mass is 842 g/mol. The molecule has 310 valence electrons. The Kier molecular flexibility index (Phi) is 14.7. The van der Waals surface area contributed by atoms with Crippen molar-refractivity contribution in [3.05, 3.63) is 198 Å². The number of primary amides is 1.